The Morgan fingerprint density at radius 1 is 1.11 bits per heavy atom. The summed E-state index contributed by atoms with van der Waals surface area (Å²) in [5, 5.41) is 12.3. The number of hydrogen-bond acceptors (Lipinski definition) is 3. The molecule has 19 heavy (non-hydrogen) atoms. The number of aromatic nitrogens is 4. The van der Waals surface area contributed by atoms with Crippen LogP contribution in [0.4, 0.5) is 5.82 Å². The molecule has 2 rings (SSSR count). The summed E-state index contributed by atoms with van der Waals surface area (Å²) in [7, 11) is 0. The Hall–Kier alpha value is -1.78. The normalized spacial score (nSPS) is 11.5. The Kier molecular flexibility index (Phi) is 3.93. The molecule has 0 bridgehead atoms. The van der Waals surface area contributed by atoms with Gasteiger partial charge in [0.25, 0.3) is 0 Å². The molecule has 5 nitrogen and oxygen atoms in total. The lowest BCUT2D eigenvalue weighted by atomic mass is 10.3. The predicted molar refractivity (Wildman–Crippen MR) is 77.3 cm³/mol. The molecule has 0 atom stereocenters. The van der Waals surface area contributed by atoms with E-state index in [-0.39, 0.29) is 0 Å². The molecule has 0 aliphatic heterocycles. The van der Waals surface area contributed by atoms with Crippen LogP contribution in [-0.4, -0.2) is 19.6 Å². The van der Waals surface area contributed by atoms with Gasteiger partial charge in [-0.25, -0.2) is 0 Å². The van der Waals surface area contributed by atoms with Gasteiger partial charge >= 0.3 is 0 Å². The van der Waals surface area contributed by atoms with E-state index in [4.69, 9.17) is 0 Å². The lowest BCUT2D eigenvalue weighted by molar-refractivity contribution is 0.532. The second kappa shape index (κ2) is 5.47. The lowest BCUT2D eigenvalue weighted by Gasteiger charge is -2.05. The molecule has 0 aliphatic rings. The van der Waals surface area contributed by atoms with Gasteiger partial charge in [0.05, 0.1) is 6.20 Å². The van der Waals surface area contributed by atoms with Crippen LogP contribution in [0.3, 0.4) is 0 Å². The number of hydrogen-bond donors (Lipinski definition) is 1. The van der Waals surface area contributed by atoms with Gasteiger partial charge in [-0.2, -0.15) is 10.2 Å². The van der Waals surface area contributed by atoms with Crippen LogP contribution in [0.5, 0.6) is 0 Å². The van der Waals surface area contributed by atoms with Gasteiger partial charge in [-0.15, -0.1) is 0 Å². The molecule has 0 spiro atoms. The van der Waals surface area contributed by atoms with E-state index in [2.05, 4.69) is 62.5 Å². The van der Waals surface area contributed by atoms with Crippen molar-refractivity contribution in [1.82, 2.24) is 19.6 Å². The Morgan fingerprint density at radius 2 is 1.79 bits per heavy atom. The van der Waals surface area contributed by atoms with Crippen molar-refractivity contribution in [2.24, 2.45) is 0 Å². The van der Waals surface area contributed by atoms with Crippen molar-refractivity contribution in [3.63, 3.8) is 0 Å². The molecule has 2 aromatic rings. The molecular formula is C14H23N5. The summed E-state index contributed by atoms with van der Waals surface area (Å²) < 4.78 is 3.95. The van der Waals surface area contributed by atoms with E-state index in [9.17, 15) is 0 Å². The highest BCUT2D eigenvalue weighted by Gasteiger charge is 2.07. The first-order chi connectivity index (χ1) is 8.97. The Bertz CT molecular complexity index is 536. The molecule has 0 radical (unpaired) electrons. The van der Waals surface area contributed by atoms with Crippen LogP contribution in [0, 0.1) is 6.92 Å². The van der Waals surface area contributed by atoms with Crippen LogP contribution in [0.2, 0.25) is 0 Å². The van der Waals surface area contributed by atoms with Crippen LogP contribution < -0.4 is 5.32 Å². The molecule has 0 saturated carbocycles. The van der Waals surface area contributed by atoms with Crippen molar-refractivity contribution < 1.29 is 0 Å². The number of anilines is 1. The second-order valence-electron chi connectivity index (χ2n) is 5.51. The largest absolute Gasteiger partial charge is 0.364 e. The zero-order valence-corrected chi connectivity index (χ0v) is 12.4. The summed E-state index contributed by atoms with van der Waals surface area (Å²) in [6.07, 6.45) is 6.05. The van der Waals surface area contributed by atoms with Crippen molar-refractivity contribution in [3.8, 4) is 0 Å². The summed E-state index contributed by atoms with van der Waals surface area (Å²) in [6, 6.07) is 0.786. The van der Waals surface area contributed by atoms with Crippen molar-refractivity contribution in [1.29, 1.82) is 0 Å². The Labute approximate surface area is 114 Å². The van der Waals surface area contributed by atoms with Gasteiger partial charge < -0.3 is 5.32 Å². The fourth-order valence-corrected chi connectivity index (χ4v) is 1.86. The van der Waals surface area contributed by atoms with Crippen molar-refractivity contribution in [3.05, 3.63) is 29.7 Å². The third kappa shape index (κ3) is 3.16. The second-order valence-corrected chi connectivity index (χ2v) is 5.51. The van der Waals surface area contributed by atoms with Gasteiger partial charge in [0, 0.05) is 42.1 Å². The highest BCUT2D eigenvalue weighted by Crippen LogP contribution is 2.16. The molecule has 0 saturated heterocycles. The average Bonchev–Trinajstić information content (AvgIpc) is 2.93. The topological polar surface area (TPSA) is 47.7 Å². The molecule has 0 aliphatic carbocycles. The van der Waals surface area contributed by atoms with Crippen LogP contribution in [0.15, 0.2) is 18.6 Å². The molecule has 2 heterocycles. The number of aryl methyl sites for hydroxylation is 1. The van der Waals surface area contributed by atoms with Crippen LogP contribution in [-0.2, 0) is 6.54 Å². The maximum atomic E-state index is 4.54. The smallest absolute Gasteiger partial charge is 0.151 e. The quantitative estimate of drug-likeness (QED) is 0.899. The summed E-state index contributed by atoms with van der Waals surface area (Å²) >= 11 is 0. The zero-order valence-electron chi connectivity index (χ0n) is 12.4. The minimum Gasteiger partial charge on any atom is -0.364 e. The van der Waals surface area contributed by atoms with Gasteiger partial charge in [-0.1, -0.05) is 0 Å². The van der Waals surface area contributed by atoms with Crippen molar-refractivity contribution >= 4 is 5.82 Å². The first-order valence-electron chi connectivity index (χ1n) is 6.80. The lowest BCUT2D eigenvalue weighted by Crippen LogP contribution is -2.04. The molecular weight excluding hydrogens is 238 g/mol. The van der Waals surface area contributed by atoms with Crippen molar-refractivity contribution in [2.45, 2.75) is 53.2 Å². The number of rotatable bonds is 5. The minimum absolute atomic E-state index is 0.387. The minimum atomic E-state index is 0.387. The molecule has 104 valence electrons. The van der Waals surface area contributed by atoms with E-state index in [0.29, 0.717) is 12.1 Å². The maximum Gasteiger partial charge on any atom is 0.151 e. The van der Waals surface area contributed by atoms with Crippen LogP contribution in [0.1, 0.15) is 50.9 Å². The van der Waals surface area contributed by atoms with Crippen LogP contribution >= 0.6 is 0 Å². The molecule has 0 aromatic carbocycles. The molecule has 1 N–H and O–H groups in total. The van der Waals surface area contributed by atoms with Crippen molar-refractivity contribution in [2.75, 3.05) is 5.32 Å². The fraction of sp³-hybridized carbons (Fsp3) is 0.571. The van der Waals surface area contributed by atoms with E-state index >= 15 is 0 Å². The summed E-state index contributed by atoms with van der Waals surface area (Å²) in [4.78, 5) is 0. The number of nitrogens with zero attached hydrogens (tertiary/aromatic N) is 4. The van der Waals surface area contributed by atoms with Gasteiger partial charge in [-0.05, 0) is 34.6 Å². The van der Waals surface area contributed by atoms with E-state index in [0.717, 1.165) is 12.4 Å². The van der Waals surface area contributed by atoms with Gasteiger partial charge in [0.2, 0.25) is 0 Å². The third-order valence-electron chi connectivity index (χ3n) is 3.09. The Balaban J connectivity index is 2.01. The van der Waals surface area contributed by atoms with Gasteiger partial charge in [-0.3, -0.25) is 9.36 Å². The average molecular weight is 261 g/mol. The highest BCUT2D eigenvalue weighted by molar-refractivity contribution is 5.42. The zero-order chi connectivity index (χ0) is 14.0. The van der Waals surface area contributed by atoms with E-state index in [1.54, 1.807) is 0 Å². The molecule has 0 unspecified atom stereocenters. The van der Waals surface area contributed by atoms with E-state index in [1.165, 1.54) is 11.1 Å². The van der Waals surface area contributed by atoms with E-state index in [1.807, 2.05) is 15.6 Å². The van der Waals surface area contributed by atoms with E-state index < -0.39 is 0 Å². The predicted octanol–water partition coefficient (Wildman–Crippen LogP) is 3.16. The monoisotopic (exact) mass is 261 g/mol. The standard InChI is InChI=1S/C14H23N5/c1-10(2)18-9-13(7-16-18)6-15-14-12(5)8-19(17-14)11(3)4/h7-11H,6H2,1-5H3,(H,15,17). The van der Waals surface area contributed by atoms with Crippen LogP contribution in [0.25, 0.3) is 0 Å². The molecule has 5 heteroatoms. The SMILES string of the molecule is Cc1cn(C(C)C)nc1NCc1cnn(C(C)C)c1. The number of nitrogens with one attached hydrogen (secondary N) is 1. The third-order valence-corrected chi connectivity index (χ3v) is 3.09. The molecule has 0 amide bonds. The molecule has 2 aromatic heterocycles. The molecule has 0 fully saturated rings. The fourth-order valence-electron chi connectivity index (χ4n) is 1.86. The summed E-state index contributed by atoms with van der Waals surface area (Å²) in [5.41, 5.74) is 2.34. The highest BCUT2D eigenvalue weighted by atomic mass is 15.3. The maximum absolute atomic E-state index is 4.54. The summed E-state index contributed by atoms with van der Waals surface area (Å²) in [6.45, 7) is 11.3. The van der Waals surface area contributed by atoms with Gasteiger partial charge in [0.15, 0.2) is 5.82 Å². The first-order valence-corrected chi connectivity index (χ1v) is 6.80. The first kappa shape index (κ1) is 13.6. The summed E-state index contributed by atoms with van der Waals surface area (Å²) in [5.74, 6) is 0.950. The van der Waals surface area contributed by atoms with Gasteiger partial charge in [0.1, 0.15) is 0 Å². The Morgan fingerprint density at radius 3 is 2.32 bits per heavy atom.